The van der Waals surface area contributed by atoms with Crippen molar-refractivity contribution in [2.75, 3.05) is 5.32 Å². The Morgan fingerprint density at radius 1 is 1.14 bits per heavy atom. The zero-order chi connectivity index (χ0) is 19.8. The van der Waals surface area contributed by atoms with E-state index in [2.05, 4.69) is 25.8 Å². The highest BCUT2D eigenvalue weighted by atomic mass is 16.2. The SMILES string of the molecule is O=C(Cn1cnc2ccccc2c1=O)Nc1cccc(-c2nnnn2C2CC2)c1. The van der Waals surface area contributed by atoms with Gasteiger partial charge in [-0.2, -0.15) is 0 Å². The third-order valence-electron chi connectivity index (χ3n) is 4.84. The number of hydrogen-bond donors (Lipinski definition) is 1. The number of amides is 1. The van der Waals surface area contributed by atoms with Gasteiger partial charge in [-0.15, -0.1) is 5.10 Å². The molecule has 1 saturated carbocycles. The highest BCUT2D eigenvalue weighted by Crippen LogP contribution is 2.36. The molecule has 9 nitrogen and oxygen atoms in total. The molecule has 1 amide bonds. The molecule has 9 heteroatoms. The lowest BCUT2D eigenvalue weighted by molar-refractivity contribution is -0.116. The van der Waals surface area contributed by atoms with E-state index >= 15 is 0 Å². The minimum atomic E-state index is -0.317. The van der Waals surface area contributed by atoms with E-state index in [1.54, 1.807) is 24.3 Å². The summed E-state index contributed by atoms with van der Waals surface area (Å²) in [5.41, 5.74) is 1.79. The second-order valence-electron chi connectivity index (χ2n) is 7.00. The summed E-state index contributed by atoms with van der Waals surface area (Å²) in [5, 5.41) is 15.3. The largest absolute Gasteiger partial charge is 0.325 e. The Labute approximate surface area is 165 Å². The molecule has 5 rings (SSSR count). The summed E-state index contributed by atoms with van der Waals surface area (Å²) in [7, 11) is 0. The number of benzene rings is 2. The maximum absolute atomic E-state index is 12.6. The van der Waals surface area contributed by atoms with Crippen LogP contribution >= 0.6 is 0 Å². The van der Waals surface area contributed by atoms with E-state index in [-0.39, 0.29) is 18.0 Å². The van der Waals surface area contributed by atoms with E-state index in [0.717, 1.165) is 18.4 Å². The van der Waals surface area contributed by atoms with Crippen molar-refractivity contribution >= 4 is 22.5 Å². The van der Waals surface area contributed by atoms with E-state index < -0.39 is 0 Å². The van der Waals surface area contributed by atoms with E-state index in [9.17, 15) is 9.59 Å². The molecule has 0 bridgehead atoms. The number of para-hydroxylation sites is 1. The second kappa shape index (κ2) is 6.93. The number of hydrogen-bond acceptors (Lipinski definition) is 6. The summed E-state index contributed by atoms with van der Waals surface area (Å²) in [6.07, 6.45) is 3.54. The Morgan fingerprint density at radius 2 is 2.00 bits per heavy atom. The monoisotopic (exact) mass is 387 g/mol. The summed E-state index contributed by atoms with van der Waals surface area (Å²) < 4.78 is 3.12. The van der Waals surface area contributed by atoms with Crippen LogP contribution in [0.2, 0.25) is 0 Å². The highest BCUT2D eigenvalue weighted by Gasteiger charge is 2.28. The van der Waals surface area contributed by atoms with Gasteiger partial charge in [-0.1, -0.05) is 24.3 Å². The van der Waals surface area contributed by atoms with Gasteiger partial charge in [0.1, 0.15) is 6.54 Å². The molecule has 1 N–H and O–H groups in total. The van der Waals surface area contributed by atoms with Gasteiger partial charge in [0.25, 0.3) is 5.56 Å². The van der Waals surface area contributed by atoms with Gasteiger partial charge in [0.2, 0.25) is 5.91 Å². The molecule has 1 aliphatic rings. The van der Waals surface area contributed by atoms with Gasteiger partial charge < -0.3 is 5.32 Å². The van der Waals surface area contributed by atoms with Crippen molar-refractivity contribution in [2.24, 2.45) is 0 Å². The molecule has 1 fully saturated rings. The van der Waals surface area contributed by atoms with Gasteiger partial charge in [-0.25, -0.2) is 9.67 Å². The fraction of sp³-hybridized carbons (Fsp3) is 0.200. The average molecular weight is 387 g/mol. The number of rotatable bonds is 5. The van der Waals surface area contributed by atoms with Crippen molar-refractivity contribution in [3.8, 4) is 11.4 Å². The molecule has 1 aliphatic carbocycles. The summed E-state index contributed by atoms with van der Waals surface area (Å²) in [4.78, 5) is 29.3. The van der Waals surface area contributed by atoms with Crippen LogP contribution in [0.5, 0.6) is 0 Å². The molecule has 29 heavy (non-hydrogen) atoms. The number of carbonyl (C=O) groups is 1. The number of aromatic nitrogens is 6. The van der Waals surface area contributed by atoms with Gasteiger partial charge in [0.05, 0.1) is 23.3 Å². The second-order valence-corrected chi connectivity index (χ2v) is 7.00. The Bertz CT molecular complexity index is 1270. The van der Waals surface area contributed by atoms with Gasteiger partial charge in [0.15, 0.2) is 5.82 Å². The first-order valence-corrected chi connectivity index (χ1v) is 9.31. The fourth-order valence-electron chi connectivity index (χ4n) is 3.26. The number of nitrogens with one attached hydrogen (secondary N) is 1. The van der Waals surface area contributed by atoms with Crippen LogP contribution in [0, 0.1) is 0 Å². The van der Waals surface area contributed by atoms with Crippen LogP contribution < -0.4 is 10.9 Å². The summed E-state index contributed by atoms with van der Waals surface area (Å²) in [6.45, 7) is -0.124. The van der Waals surface area contributed by atoms with Crippen molar-refractivity contribution in [3.05, 3.63) is 65.2 Å². The lowest BCUT2D eigenvalue weighted by atomic mass is 10.2. The van der Waals surface area contributed by atoms with E-state index in [0.29, 0.717) is 28.5 Å². The predicted molar refractivity (Wildman–Crippen MR) is 106 cm³/mol. The van der Waals surface area contributed by atoms with Crippen molar-refractivity contribution in [1.29, 1.82) is 0 Å². The van der Waals surface area contributed by atoms with Gasteiger partial charge in [0, 0.05) is 11.3 Å². The van der Waals surface area contributed by atoms with E-state index in [4.69, 9.17) is 0 Å². The standard InChI is InChI=1S/C20H17N7O2/c28-18(11-26-12-21-17-7-2-1-6-16(17)20(26)29)22-14-5-3-4-13(10-14)19-23-24-25-27(19)15-8-9-15/h1-7,10,12,15H,8-9,11H2,(H,22,28). The van der Waals surface area contributed by atoms with Crippen LogP contribution in [0.25, 0.3) is 22.3 Å². The number of anilines is 1. The lowest BCUT2D eigenvalue weighted by Gasteiger charge is -2.09. The maximum Gasteiger partial charge on any atom is 0.261 e. The quantitative estimate of drug-likeness (QED) is 0.561. The summed E-state index contributed by atoms with van der Waals surface area (Å²) in [6, 6.07) is 14.8. The van der Waals surface area contributed by atoms with E-state index in [1.165, 1.54) is 10.9 Å². The Kier molecular flexibility index (Phi) is 4.12. The molecular formula is C20H17N7O2. The molecule has 0 atom stereocenters. The molecule has 2 heterocycles. The predicted octanol–water partition coefficient (Wildman–Crippen LogP) is 2.02. The molecule has 2 aromatic heterocycles. The average Bonchev–Trinajstić information content (AvgIpc) is 3.46. The first-order chi connectivity index (χ1) is 14.2. The van der Waals surface area contributed by atoms with Crippen LogP contribution in [-0.4, -0.2) is 35.7 Å². The van der Waals surface area contributed by atoms with Crippen LogP contribution in [0.1, 0.15) is 18.9 Å². The zero-order valence-corrected chi connectivity index (χ0v) is 15.4. The highest BCUT2D eigenvalue weighted by molar-refractivity contribution is 5.91. The normalized spacial score (nSPS) is 13.5. The van der Waals surface area contributed by atoms with E-state index in [1.807, 2.05) is 28.9 Å². The minimum Gasteiger partial charge on any atom is -0.325 e. The van der Waals surface area contributed by atoms with Crippen molar-refractivity contribution in [3.63, 3.8) is 0 Å². The molecule has 0 aliphatic heterocycles. The number of nitrogens with zero attached hydrogens (tertiary/aromatic N) is 6. The van der Waals surface area contributed by atoms with Gasteiger partial charge in [-0.3, -0.25) is 14.2 Å². The first-order valence-electron chi connectivity index (χ1n) is 9.31. The van der Waals surface area contributed by atoms with Crippen molar-refractivity contribution in [1.82, 2.24) is 29.8 Å². The van der Waals surface area contributed by atoms with Crippen LogP contribution in [0.15, 0.2) is 59.7 Å². The number of carbonyl (C=O) groups excluding carboxylic acids is 1. The molecule has 2 aromatic carbocycles. The molecule has 4 aromatic rings. The zero-order valence-electron chi connectivity index (χ0n) is 15.4. The third kappa shape index (κ3) is 3.38. The van der Waals surface area contributed by atoms with Gasteiger partial charge >= 0.3 is 0 Å². The molecule has 144 valence electrons. The molecule has 0 radical (unpaired) electrons. The van der Waals surface area contributed by atoms with Crippen molar-refractivity contribution in [2.45, 2.75) is 25.4 Å². The van der Waals surface area contributed by atoms with Gasteiger partial charge in [-0.05, 0) is 47.5 Å². The fourth-order valence-corrected chi connectivity index (χ4v) is 3.26. The molecule has 0 saturated heterocycles. The number of fused-ring (bicyclic) bond motifs is 1. The van der Waals surface area contributed by atoms with Crippen LogP contribution in [0.4, 0.5) is 5.69 Å². The smallest absolute Gasteiger partial charge is 0.261 e. The molecule has 0 unspecified atom stereocenters. The maximum atomic E-state index is 12.6. The Morgan fingerprint density at radius 3 is 2.86 bits per heavy atom. The summed E-state index contributed by atoms with van der Waals surface area (Å²) in [5.74, 6) is 0.363. The van der Waals surface area contributed by atoms with Crippen molar-refractivity contribution < 1.29 is 4.79 Å². The first kappa shape index (κ1) is 17.2. The minimum absolute atomic E-state index is 0.124. The molecular weight excluding hydrogens is 370 g/mol. The number of tetrazole rings is 1. The molecule has 0 spiro atoms. The van der Waals surface area contributed by atoms with Crippen LogP contribution in [0.3, 0.4) is 0 Å². The Hall–Kier alpha value is -3.88. The lowest BCUT2D eigenvalue weighted by Crippen LogP contribution is -2.27. The Balaban J connectivity index is 1.36. The van der Waals surface area contributed by atoms with Crippen LogP contribution in [-0.2, 0) is 11.3 Å². The topological polar surface area (TPSA) is 108 Å². The summed E-state index contributed by atoms with van der Waals surface area (Å²) >= 11 is 0. The third-order valence-corrected chi connectivity index (χ3v) is 4.84.